The highest BCUT2D eigenvalue weighted by molar-refractivity contribution is 9.10. The van der Waals surface area contributed by atoms with E-state index in [1.807, 2.05) is 6.07 Å². The summed E-state index contributed by atoms with van der Waals surface area (Å²) in [7, 11) is 1.58. The first-order chi connectivity index (χ1) is 8.34. The molecule has 0 bridgehead atoms. The lowest BCUT2D eigenvalue weighted by Crippen LogP contribution is -2.18. The van der Waals surface area contributed by atoms with Crippen LogP contribution < -0.4 is 4.74 Å². The van der Waals surface area contributed by atoms with Crippen molar-refractivity contribution >= 4 is 21.5 Å². The average Bonchev–Trinajstić information content (AvgIpc) is 3.09. The molecule has 18 heavy (non-hydrogen) atoms. The number of halogens is 1. The normalized spacial score (nSPS) is 15.6. The Bertz CT molecular complexity index is 487. The summed E-state index contributed by atoms with van der Waals surface area (Å²) in [4.78, 5) is 4.46. The van der Waals surface area contributed by atoms with Gasteiger partial charge in [0, 0.05) is 5.56 Å². The van der Waals surface area contributed by atoms with Gasteiger partial charge >= 0.3 is 0 Å². The van der Waals surface area contributed by atoms with E-state index in [1.54, 1.807) is 21.0 Å². The molecule has 4 heteroatoms. The topological polar surface area (TPSA) is 42.4 Å². The van der Waals surface area contributed by atoms with Gasteiger partial charge in [-0.3, -0.25) is 0 Å². The predicted octanol–water partition coefficient (Wildman–Crippen LogP) is 3.50. The quantitative estimate of drug-likeness (QED) is 0.865. The molecular weight excluding hydrogens is 294 g/mol. The van der Waals surface area contributed by atoms with Crippen molar-refractivity contribution in [2.75, 3.05) is 7.11 Å². The molecule has 1 aliphatic rings. The molecule has 1 heterocycles. The van der Waals surface area contributed by atoms with Crippen LogP contribution in [0.2, 0.25) is 0 Å². The molecule has 2 rings (SSSR count). The molecule has 0 radical (unpaired) electrons. The number of ether oxygens (including phenoxy) is 1. The molecule has 0 spiro atoms. The van der Waals surface area contributed by atoms with Gasteiger partial charge < -0.3 is 9.84 Å². The lowest BCUT2D eigenvalue weighted by molar-refractivity contribution is 0.0753. The molecule has 3 nitrogen and oxygen atoms in total. The van der Waals surface area contributed by atoms with Crippen molar-refractivity contribution in [1.82, 2.24) is 4.98 Å². The molecular formula is C14H18BrNO2. The summed E-state index contributed by atoms with van der Waals surface area (Å²) in [5, 5.41) is 10.2. The highest BCUT2D eigenvalue weighted by Gasteiger charge is 2.29. The molecule has 1 aliphatic carbocycles. The Hall–Kier alpha value is -0.870. The van der Waals surface area contributed by atoms with E-state index >= 15 is 0 Å². The van der Waals surface area contributed by atoms with E-state index in [9.17, 15) is 5.11 Å². The van der Waals surface area contributed by atoms with Gasteiger partial charge in [0.25, 0.3) is 0 Å². The van der Waals surface area contributed by atoms with E-state index in [4.69, 9.17) is 4.74 Å². The van der Waals surface area contributed by atoms with E-state index in [-0.39, 0.29) is 0 Å². The molecule has 98 valence electrons. The number of allylic oxidation sites excluding steroid dienone is 1. The summed E-state index contributed by atoms with van der Waals surface area (Å²) >= 11 is 3.40. The van der Waals surface area contributed by atoms with Crippen molar-refractivity contribution in [2.45, 2.75) is 32.3 Å². The number of nitrogens with zero attached hydrogens (tertiary/aromatic N) is 1. The maximum atomic E-state index is 10.2. The fourth-order valence-electron chi connectivity index (χ4n) is 1.96. The number of pyridine rings is 1. The molecule has 0 aliphatic heterocycles. The Kier molecular flexibility index (Phi) is 3.52. The van der Waals surface area contributed by atoms with Crippen molar-refractivity contribution in [3.8, 4) is 5.75 Å². The van der Waals surface area contributed by atoms with Crippen molar-refractivity contribution in [3.63, 3.8) is 0 Å². The third-order valence-corrected chi connectivity index (χ3v) is 3.73. The molecule has 1 aromatic heterocycles. The van der Waals surface area contributed by atoms with Gasteiger partial charge in [0.2, 0.25) is 0 Å². The highest BCUT2D eigenvalue weighted by atomic mass is 79.9. The second-order valence-corrected chi connectivity index (χ2v) is 5.99. The largest absolute Gasteiger partial charge is 0.494 e. The molecule has 0 aromatic carbocycles. The van der Waals surface area contributed by atoms with Crippen LogP contribution in [-0.2, 0) is 5.60 Å². The summed E-state index contributed by atoms with van der Waals surface area (Å²) in [5.74, 6) is 1.13. The number of aliphatic hydroxyl groups is 1. The second-order valence-electron chi connectivity index (χ2n) is 5.24. The summed E-state index contributed by atoms with van der Waals surface area (Å²) in [5.41, 5.74) is 1.63. The lowest BCUT2D eigenvalue weighted by Gasteiger charge is -2.22. The van der Waals surface area contributed by atoms with Crippen LogP contribution in [0.25, 0.3) is 5.57 Å². The summed E-state index contributed by atoms with van der Waals surface area (Å²) in [6.07, 6.45) is 2.37. The zero-order valence-electron chi connectivity index (χ0n) is 11.0. The van der Waals surface area contributed by atoms with Crippen molar-refractivity contribution in [1.29, 1.82) is 0 Å². The Morgan fingerprint density at radius 2 is 2.17 bits per heavy atom. The molecule has 0 saturated heterocycles. The number of rotatable bonds is 4. The van der Waals surface area contributed by atoms with Crippen molar-refractivity contribution in [2.24, 2.45) is 5.92 Å². The molecule has 0 atom stereocenters. The van der Waals surface area contributed by atoms with Crippen LogP contribution in [0.3, 0.4) is 0 Å². The molecule has 1 aromatic rings. The minimum atomic E-state index is -0.977. The number of aromatic nitrogens is 1. The Labute approximate surface area is 116 Å². The molecule has 1 N–H and O–H groups in total. The van der Waals surface area contributed by atoms with Gasteiger partial charge in [0.1, 0.15) is 4.60 Å². The summed E-state index contributed by atoms with van der Waals surface area (Å²) < 4.78 is 5.93. The van der Waals surface area contributed by atoms with Crippen LogP contribution >= 0.6 is 15.9 Å². The third-order valence-electron chi connectivity index (χ3n) is 3.19. The summed E-state index contributed by atoms with van der Waals surface area (Å²) in [6.45, 7) is 7.58. The van der Waals surface area contributed by atoms with Crippen LogP contribution in [0.5, 0.6) is 5.75 Å². The highest BCUT2D eigenvalue weighted by Crippen LogP contribution is 2.43. The SMILES string of the molecule is C=C(c1cc(C(C)(C)O)c(OC)c(Br)n1)C1CC1. The standard InChI is InChI=1S/C14H18BrNO2/c1-8(9-5-6-9)11-7-10(14(2,3)17)12(18-4)13(15)16-11/h7,9,17H,1,5-6H2,2-4H3. The van der Waals surface area contributed by atoms with Gasteiger partial charge in [-0.15, -0.1) is 0 Å². The van der Waals surface area contributed by atoms with E-state index < -0.39 is 5.60 Å². The Morgan fingerprint density at radius 1 is 1.56 bits per heavy atom. The predicted molar refractivity (Wildman–Crippen MR) is 75.5 cm³/mol. The fraction of sp³-hybridized carbons (Fsp3) is 0.500. The van der Waals surface area contributed by atoms with E-state index in [0.717, 1.165) is 16.8 Å². The van der Waals surface area contributed by atoms with E-state index in [1.165, 1.54) is 12.8 Å². The number of hydrogen-bond donors (Lipinski definition) is 1. The van der Waals surface area contributed by atoms with Gasteiger partial charge in [0.05, 0.1) is 18.4 Å². The first-order valence-electron chi connectivity index (χ1n) is 6.01. The monoisotopic (exact) mass is 311 g/mol. The number of hydrogen-bond acceptors (Lipinski definition) is 3. The van der Waals surface area contributed by atoms with Gasteiger partial charge in [-0.2, -0.15) is 0 Å². The van der Waals surface area contributed by atoms with Crippen LogP contribution in [0.15, 0.2) is 17.2 Å². The van der Waals surface area contributed by atoms with Gasteiger partial charge in [0.15, 0.2) is 5.75 Å². The smallest absolute Gasteiger partial charge is 0.157 e. The summed E-state index contributed by atoms with van der Waals surface area (Å²) in [6, 6.07) is 1.88. The zero-order valence-corrected chi connectivity index (χ0v) is 12.5. The minimum Gasteiger partial charge on any atom is -0.494 e. The van der Waals surface area contributed by atoms with Crippen LogP contribution in [-0.4, -0.2) is 17.2 Å². The maximum Gasteiger partial charge on any atom is 0.157 e. The number of methoxy groups -OCH3 is 1. The van der Waals surface area contributed by atoms with E-state index in [2.05, 4.69) is 27.5 Å². The van der Waals surface area contributed by atoms with Gasteiger partial charge in [-0.05, 0) is 60.2 Å². The van der Waals surface area contributed by atoms with Gasteiger partial charge in [-0.1, -0.05) is 6.58 Å². The average molecular weight is 312 g/mol. The fourth-order valence-corrected chi connectivity index (χ4v) is 2.52. The molecule has 1 fully saturated rings. The lowest BCUT2D eigenvalue weighted by atomic mass is 9.96. The Balaban J connectivity index is 2.51. The van der Waals surface area contributed by atoms with Crippen LogP contribution in [0.4, 0.5) is 0 Å². The zero-order chi connectivity index (χ0) is 13.5. The maximum absolute atomic E-state index is 10.2. The van der Waals surface area contributed by atoms with E-state index in [0.29, 0.717) is 16.3 Å². The van der Waals surface area contributed by atoms with Gasteiger partial charge in [-0.25, -0.2) is 4.98 Å². The first-order valence-corrected chi connectivity index (χ1v) is 6.80. The van der Waals surface area contributed by atoms with Crippen molar-refractivity contribution in [3.05, 3.63) is 28.5 Å². The van der Waals surface area contributed by atoms with Crippen molar-refractivity contribution < 1.29 is 9.84 Å². The molecule has 0 unspecified atom stereocenters. The van der Waals surface area contributed by atoms with Crippen LogP contribution in [0.1, 0.15) is 37.9 Å². The molecule has 1 saturated carbocycles. The Morgan fingerprint density at radius 3 is 2.61 bits per heavy atom. The second kappa shape index (κ2) is 4.67. The molecule has 0 amide bonds. The third kappa shape index (κ3) is 2.59. The van der Waals surface area contributed by atoms with Crippen LogP contribution in [0, 0.1) is 5.92 Å². The first kappa shape index (κ1) is 13.6. The minimum absolute atomic E-state index is 0.549.